The average Bonchev–Trinajstić information content (AvgIpc) is 2.98. The molecular formula is C22H36N2O2S. The molecule has 3 N–H and O–H groups in total. The van der Waals surface area contributed by atoms with Crippen molar-refractivity contribution in [2.45, 2.75) is 95.1 Å². The van der Waals surface area contributed by atoms with E-state index in [1.165, 1.54) is 0 Å². The minimum atomic E-state index is -0.733. The molecule has 27 heavy (non-hydrogen) atoms. The summed E-state index contributed by atoms with van der Waals surface area (Å²) in [4.78, 5) is 4.64. The molecule has 2 saturated carbocycles. The van der Waals surface area contributed by atoms with Crippen molar-refractivity contribution in [3.05, 3.63) is 19.2 Å². The van der Waals surface area contributed by atoms with Crippen LogP contribution in [-0.2, 0) is 4.74 Å². The van der Waals surface area contributed by atoms with Gasteiger partial charge in [0, 0.05) is 5.92 Å². The fraction of sp³-hybridized carbons (Fsp3) is 0.818. The first-order valence-electron chi connectivity index (χ1n) is 10.4. The van der Waals surface area contributed by atoms with Gasteiger partial charge in [-0.1, -0.05) is 12.2 Å². The number of nitrogens with two attached hydrogens (primary N) is 1. The number of isothiocyanates is 1. The summed E-state index contributed by atoms with van der Waals surface area (Å²) in [6.07, 6.45) is 5.96. The van der Waals surface area contributed by atoms with E-state index >= 15 is 0 Å². The van der Waals surface area contributed by atoms with E-state index in [9.17, 15) is 5.11 Å². The first kappa shape index (κ1) is 21.1. The van der Waals surface area contributed by atoms with Gasteiger partial charge >= 0.3 is 0 Å². The monoisotopic (exact) mass is 392 g/mol. The van der Waals surface area contributed by atoms with Gasteiger partial charge in [0.25, 0.3) is 0 Å². The Kier molecular flexibility index (Phi) is 5.75. The molecule has 5 heteroatoms. The van der Waals surface area contributed by atoms with Crippen molar-refractivity contribution in [1.29, 1.82) is 0 Å². The second kappa shape index (κ2) is 7.35. The zero-order valence-electron chi connectivity index (χ0n) is 17.3. The molecule has 2 aliphatic carbocycles. The molecule has 3 rings (SSSR count). The number of aliphatic hydroxyl groups is 1. The Morgan fingerprint density at radius 3 is 2.44 bits per heavy atom. The van der Waals surface area contributed by atoms with Gasteiger partial charge in [0.15, 0.2) is 0 Å². The fourth-order valence-corrected chi connectivity index (χ4v) is 6.61. The molecule has 8 unspecified atom stereocenters. The molecule has 0 amide bonds. The number of hydrogen-bond acceptors (Lipinski definition) is 4. The topological polar surface area (TPSA) is 58.4 Å². The predicted molar refractivity (Wildman–Crippen MR) is 111 cm³/mol. The van der Waals surface area contributed by atoms with Crippen LogP contribution in [0.2, 0.25) is 0 Å². The lowest BCUT2D eigenvalue weighted by molar-refractivity contribution is -0.666. The third-order valence-corrected chi connectivity index (χ3v) is 8.08. The van der Waals surface area contributed by atoms with Gasteiger partial charge in [-0.2, -0.15) is 7.05 Å². The van der Waals surface area contributed by atoms with Crippen LogP contribution in [-0.4, -0.2) is 39.2 Å². The maximum absolute atomic E-state index is 11.2. The first-order chi connectivity index (χ1) is 12.6. The molecule has 3 fully saturated rings. The Morgan fingerprint density at radius 1 is 1.22 bits per heavy atom. The van der Waals surface area contributed by atoms with E-state index in [-0.39, 0.29) is 29.2 Å². The van der Waals surface area contributed by atoms with Crippen LogP contribution in [0.1, 0.15) is 66.2 Å². The minimum absolute atomic E-state index is 0.0329. The molecule has 0 radical (unpaired) electrons. The van der Waals surface area contributed by atoms with E-state index < -0.39 is 5.60 Å². The zero-order valence-corrected chi connectivity index (χ0v) is 18.1. The van der Waals surface area contributed by atoms with E-state index in [0.717, 1.165) is 44.1 Å². The molecule has 1 aliphatic heterocycles. The maximum atomic E-state index is 11.2. The summed E-state index contributed by atoms with van der Waals surface area (Å²) in [7, 11) is 4.11. The predicted octanol–water partition coefficient (Wildman–Crippen LogP) is 3.27. The van der Waals surface area contributed by atoms with Gasteiger partial charge in [-0.05, 0) is 90.3 Å². The highest BCUT2D eigenvalue weighted by atomic mass is 32.1. The van der Waals surface area contributed by atoms with Crippen molar-refractivity contribution in [2.75, 3.05) is 0 Å². The normalized spacial score (nSPS) is 49.9. The van der Waals surface area contributed by atoms with E-state index in [4.69, 9.17) is 17.0 Å². The highest BCUT2D eigenvalue weighted by molar-refractivity contribution is 7.78. The molecule has 0 spiro atoms. The summed E-state index contributed by atoms with van der Waals surface area (Å²) >= 11 is 4.98. The lowest BCUT2D eigenvalue weighted by atomic mass is 9.51. The van der Waals surface area contributed by atoms with Gasteiger partial charge in [0.2, 0.25) is 0 Å². The van der Waals surface area contributed by atoms with Gasteiger partial charge in [-0.25, -0.2) is 4.99 Å². The summed E-state index contributed by atoms with van der Waals surface area (Å²) in [6.45, 7) is 12.6. The second-order valence-electron chi connectivity index (χ2n) is 9.85. The minimum Gasteiger partial charge on any atom is -0.474 e. The number of ether oxygens (including phenoxy) is 1. The van der Waals surface area contributed by atoms with Crippen molar-refractivity contribution >= 4 is 17.4 Å². The molecule has 4 nitrogen and oxygen atoms in total. The van der Waals surface area contributed by atoms with Crippen molar-refractivity contribution in [1.82, 2.24) is 0 Å². The Balaban J connectivity index is 2.00. The smallest absolute Gasteiger partial charge is 0.111 e. The molecule has 3 aliphatic rings. The number of quaternary nitrogens is 1. The molecule has 0 aromatic rings. The van der Waals surface area contributed by atoms with Gasteiger partial charge < -0.3 is 15.2 Å². The SMILES string of the molecule is C=C(C)C1CCC(C)(C2CCC(C)(N=C=S)C3CCC(C)(O)C([NH2+][CH2-])C32)O1. The van der Waals surface area contributed by atoms with Crippen molar-refractivity contribution in [3.63, 3.8) is 0 Å². The number of thiocarbonyl (C=S) groups is 1. The molecule has 0 aromatic carbocycles. The lowest BCUT2D eigenvalue weighted by Gasteiger charge is -2.58. The quantitative estimate of drug-likeness (QED) is 0.334. The molecular weight excluding hydrogens is 356 g/mol. The summed E-state index contributed by atoms with van der Waals surface area (Å²) in [5, 5.41) is 15.8. The molecule has 8 atom stereocenters. The van der Waals surface area contributed by atoms with Gasteiger partial charge in [-0.3, -0.25) is 0 Å². The lowest BCUT2D eigenvalue weighted by Crippen LogP contribution is -2.93. The number of aliphatic imine (C=N–C) groups is 1. The number of nitrogens with zero attached hydrogens (tertiary/aromatic N) is 1. The summed E-state index contributed by atoms with van der Waals surface area (Å²) < 4.78 is 6.61. The molecule has 0 aromatic heterocycles. The number of fused-ring (bicyclic) bond motifs is 1. The molecule has 152 valence electrons. The Bertz CT molecular complexity index is 644. The van der Waals surface area contributed by atoms with Gasteiger partial charge in [-0.15, -0.1) is 0 Å². The average molecular weight is 393 g/mol. The van der Waals surface area contributed by atoms with Crippen LogP contribution in [0.3, 0.4) is 0 Å². The van der Waals surface area contributed by atoms with Crippen LogP contribution in [0.25, 0.3) is 0 Å². The van der Waals surface area contributed by atoms with Crippen LogP contribution in [0, 0.1) is 24.8 Å². The maximum Gasteiger partial charge on any atom is 0.111 e. The number of rotatable bonds is 4. The largest absolute Gasteiger partial charge is 0.474 e. The summed E-state index contributed by atoms with van der Waals surface area (Å²) in [5.74, 6) is 1.01. The highest BCUT2D eigenvalue weighted by Crippen LogP contribution is 2.57. The van der Waals surface area contributed by atoms with Crippen LogP contribution in [0.15, 0.2) is 17.1 Å². The first-order valence-corrected chi connectivity index (χ1v) is 10.8. The standard InChI is InChI=1S/C22H36N2O2S/c1-14(2)17-9-12-22(5,26-17)16-7-10-20(3,24-13-27)15-8-11-21(4,25)19(23-6)18(15)16/h15-19,25H,1,6-12,23H2,2-5H3. The van der Waals surface area contributed by atoms with Gasteiger partial charge in [0.1, 0.15) is 5.60 Å². The van der Waals surface area contributed by atoms with Crippen LogP contribution >= 0.6 is 12.2 Å². The Labute approximate surface area is 169 Å². The van der Waals surface area contributed by atoms with Crippen molar-refractivity contribution < 1.29 is 15.2 Å². The van der Waals surface area contributed by atoms with E-state index in [1.807, 2.05) is 12.2 Å². The Morgan fingerprint density at radius 2 is 1.89 bits per heavy atom. The van der Waals surface area contributed by atoms with Crippen LogP contribution < -0.4 is 5.32 Å². The highest BCUT2D eigenvalue weighted by Gasteiger charge is 2.61. The Hall–Kier alpha value is -0.580. The van der Waals surface area contributed by atoms with Gasteiger partial charge in [0.05, 0.1) is 28.4 Å². The van der Waals surface area contributed by atoms with Crippen molar-refractivity contribution in [3.8, 4) is 0 Å². The third kappa shape index (κ3) is 3.58. The van der Waals surface area contributed by atoms with Crippen LogP contribution in [0.4, 0.5) is 0 Å². The zero-order chi connectivity index (χ0) is 20.0. The van der Waals surface area contributed by atoms with E-state index in [0.29, 0.717) is 11.8 Å². The summed E-state index contributed by atoms with van der Waals surface area (Å²) in [6, 6.07) is 0.0329. The molecule has 1 saturated heterocycles. The van der Waals surface area contributed by atoms with Crippen molar-refractivity contribution in [2.24, 2.45) is 22.7 Å². The fourth-order valence-electron chi connectivity index (χ4n) is 6.40. The second-order valence-corrected chi connectivity index (χ2v) is 10.0. The third-order valence-electron chi connectivity index (χ3n) is 7.99. The van der Waals surface area contributed by atoms with E-state index in [2.05, 4.69) is 44.6 Å². The van der Waals surface area contributed by atoms with Crippen LogP contribution in [0.5, 0.6) is 0 Å². The number of hydrogen-bond donors (Lipinski definition) is 2. The molecule has 1 heterocycles. The summed E-state index contributed by atoms with van der Waals surface area (Å²) in [5.41, 5.74) is -0.0196. The molecule has 0 bridgehead atoms. The van der Waals surface area contributed by atoms with E-state index in [1.54, 1.807) is 0 Å².